The van der Waals surface area contributed by atoms with E-state index in [2.05, 4.69) is 128 Å². The van der Waals surface area contributed by atoms with Gasteiger partial charge in [-0.1, -0.05) is 90.1 Å². The molecule has 4 rings (SSSR count). The Kier molecular flexibility index (Phi) is 11.9. The summed E-state index contributed by atoms with van der Waals surface area (Å²) in [4.78, 5) is 0. The van der Waals surface area contributed by atoms with E-state index in [-0.39, 0.29) is 78.8 Å². The molecular formula is C32H47Cl2O2Si2Zr-. The molecule has 0 heterocycles. The largest absolute Gasteiger partial charge is 0.546 e. The second-order valence-electron chi connectivity index (χ2n) is 13.7. The smallest absolute Gasteiger partial charge is 0.250 e. The standard InChI is InChI=1S/C32H45O2Si2.2ClH.Zr/c1-22(29-25-18-14-12-16-23(25)20-27(29)33-35(8,9)31(2,3)4)30-26-19-15-13-17-24(26)21-28(30)34-36(10,11)32(5,6)7;;;/h12-22,29-30H,1H2,2-11H3;2*1H;/q-1;;;. The van der Waals surface area contributed by atoms with Crippen molar-refractivity contribution in [1.29, 1.82) is 0 Å². The zero-order valence-corrected chi connectivity index (χ0v) is 31.4. The molecular weight excluding hydrogens is 635 g/mol. The summed E-state index contributed by atoms with van der Waals surface area (Å²) in [6, 6.07) is 17.5. The van der Waals surface area contributed by atoms with E-state index < -0.39 is 16.6 Å². The first-order valence-electron chi connectivity index (χ1n) is 13.4. The van der Waals surface area contributed by atoms with Crippen LogP contribution in [0.15, 0.2) is 60.0 Å². The molecule has 0 spiro atoms. The van der Waals surface area contributed by atoms with Crippen LogP contribution in [0.25, 0.3) is 12.2 Å². The summed E-state index contributed by atoms with van der Waals surface area (Å²) in [5.41, 5.74) is 5.16. The molecule has 0 amide bonds. The van der Waals surface area contributed by atoms with Crippen LogP contribution >= 0.6 is 24.8 Å². The van der Waals surface area contributed by atoms with E-state index in [1.54, 1.807) is 0 Å². The van der Waals surface area contributed by atoms with Crippen LogP contribution in [-0.2, 0) is 35.1 Å². The van der Waals surface area contributed by atoms with Crippen LogP contribution in [0.4, 0.5) is 0 Å². The molecule has 0 radical (unpaired) electrons. The van der Waals surface area contributed by atoms with Crippen molar-refractivity contribution in [3.63, 3.8) is 0 Å². The van der Waals surface area contributed by atoms with Crippen molar-refractivity contribution in [1.82, 2.24) is 0 Å². The first kappa shape index (κ1) is 36.4. The number of benzene rings is 2. The van der Waals surface area contributed by atoms with E-state index in [4.69, 9.17) is 15.8 Å². The van der Waals surface area contributed by atoms with Crippen LogP contribution in [0.2, 0.25) is 36.3 Å². The summed E-state index contributed by atoms with van der Waals surface area (Å²) < 4.78 is 14.1. The van der Waals surface area contributed by atoms with Crippen LogP contribution < -0.4 is 0 Å². The van der Waals surface area contributed by atoms with Gasteiger partial charge in [0.05, 0.1) is 11.5 Å². The predicted octanol–water partition coefficient (Wildman–Crippen LogP) is 10.6. The van der Waals surface area contributed by atoms with Gasteiger partial charge < -0.3 is 15.8 Å². The fraction of sp³-hybridized carbons (Fsp3) is 0.469. The van der Waals surface area contributed by atoms with Gasteiger partial charge in [0.25, 0.3) is 0 Å². The topological polar surface area (TPSA) is 18.5 Å². The second kappa shape index (κ2) is 12.7. The third-order valence-electron chi connectivity index (χ3n) is 9.09. The molecule has 0 aliphatic heterocycles. The number of fused-ring (bicyclic) bond motifs is 2. The molecule has 7 heteroatoms. The molecule has 39 heavy (non-hydrogen) atoms. The molecule has 2 unspecified atom stereocenters. The molecule has 2 aromatic carbocycles. The third-order valence-corrected chi connectivity index (χ3v) is 17.8. The molecule has 0 saturated heterocycles. The summed E-state index contributed by atoms with van der Waals surface area (Å²) in [6.45, 7) is 28.0. The average Bonchev–Trinajstić information content (AvgIpc) is 3.28. The van der Waals surface area contributed by atoms with E-state index in [0.29, 0.717) is 0 Å². The van der Waals surface area contributed by atoms with Gasteiger partial charge in [0.1, 0.15) is 0 Å². The van der Waals surface area contributed by atoms with E-state index in [0.717, 1.165) is 11.5 Å². The first-order chi connectivity index (χ1) is 16.5. The molecule has 2 nitrogen and oxygen atoms in total. The zero-order chi connectivity index (χ0) is 26.7. The quantitative estimate of drug-likeness (QED) is 0.223. The minimum atomic E-state index is -2.02. The van der Waals surface area contributed by atoms with Crippen LogP contribution in [0.3, 0.4) is 0 Å². The molecule has 0 bridgehead atoms. The Morgan fingerprint density at radius 2 is 0.949 bits per heavy atom. The van der Waals surface area contributed by atoms with Crippen LogP contribution in [0.1, 0.15) is 75.6 Å². The second-order valence-corrected chi connectivity index (χ2v) is 23.1. The van der Waals surface area contributed by atoms with Gasteiger partial charge in [0, 0.05) is 38.0 Å². The Hall–Kier alpha value is -0.583. The van der Waals surface area contributed by atoms with Gasteiger partial charge >= 0.3 is 0 Å². The molecule has 0 fully saturated rings. The Morgan fingerprint density at radius 3 is 1.26 bits per heavy atom. The van der Waals surface area contributed by atoms with Crippen molar-refractivity contribution >= 4 is 53.6 Å². The Labute approximate surface area is 271 Å². The molecule has 0 aromatic heterocycles. The number of allylic oxidation sites excluding steroid dienone is 2. The van der Waals surface area contributed by atoms with Gasteiger partial charge in [-0.05, 0) is 70.7 Å². The predicted molar refractivity (Wildman–Crippen MR) is 174 cm³/mol. The van der Waals surface area contributed by atoms with E-state index in [1.165, 1.54) is 22.3 Å². The summed E-state index contributed by atoms with van der Waals surface area (Å²) in [6.07, 6.45) is 4.55. The zero-order valence-electron chi connectivity index (χ0n) is 25.3. The van der Waals surface area contributed by atoms with Gasteiger partial charge in [-0.3, -0.25) is 0 Å². The summed E-state index contributed by atoms with van der Waals surface area (Å²) >= 11 is 0. The van der Waals surface area contributed by atoms with E-state index >= 15 is 0 Å². The minimum Gasteiger partial charge on any atom is -0.546 e. The van der Waals surface area contributed by atoms with Crippen LogP contribution in [-0.4, -0.2) is 16.6 Å². The van der Waals surface area contributed by atoms with Gasteiger partial charge in [-0.15, -0.1) is 30.7 Å². The van der Waals surface area contributed by atoms with Gasteiger partial charge in [-0.2, -0.15) is 0 Å². The molecule has 214 valence electrons. The Morgan fingerprint density at radius 1 is 0.641 bits per heavy atom. The van der Waals surface area contributed by atoms with Crippen LogP contribution in [0, 0.1) is 12.8 Å². The van der Waals surface area contributed by atoms with E-state index in [1.807, 2.05) is 0 Å². The normalized spacial score (nSPS) is 19.3. The van der Waals surface area contributed by atoms with Gasteiger partial charge in [0.2, 0.25) is 16.6 Å². The van der Waals surface area contributed by atoms with E-state index in [9.17, 15) is 0 Å². The van der Waals surface area contributed by atoms with Crippen molar-refractivity contribution in [3.05, 3.63) is 89.2 Å². The summed E-state index contributed by atoms with van der Waals surface area (Å²) in [5.74, 6) is 2.40. The number of rotatable bonds is 6. The van der Waals surface area contributed by atoms with Gasteiger partial charge in [-0.25, -0.2) is 0 Å². The summed E-state index contributed by atoms with van der Waals surface area (Å²) in [7, 11) is -4.05. The Balaban J connectivity index is 0.00000253. The maximum atomic E-state index is 7.03. The fourth-order valence-corrected chi connectivity index (χ4v) is 6.96. The molecule has 2 aliphatic carbocycles. The third kappa shape index (κ3) is 7.08. The molecule has 2 aliphatic rings. The minimum absolute atomic E-state index is 0. The maximum Gasteiger partial charge on any atom is 0.250 e. The monoisotopic (exact) mass is 679 g/mol. The maximum absolute atomic E-state index is 7.03. The van der Waals surface area contributed by atoms with Crippen molar-refractivity contribution in [3.8, 4) is 0 Å². The average molecular weight is 682 g/mol. The molecule has 0 saturated carbocycles. The van der Waals surface area contributed by atoms with Crippen molar-refractivity contribution < 1.29 is 35.1 Å². The number of hydrogen-bond donors (Lipinski definition) is 0. The first-order valence-corrected chi connectivity index (χ1v) is 19.2. The molecule has 0 N–H and O–H groups in total. The molecule has 2 atom stereocenters. The molecule has 2 aromatic rings. The van der Waals surface area contributed by atoms with Gasteiger partial charge in [0.15, 0.2) is 0 Å². The van der Waals surface area contributed by atoms with Crippen molar-refractivity contribution in [2.75, 3.05) is 0 Å². The number of halogens is 2. The number of hydrogen-bond acceptors (Lipinski definition) is 2. The summed E-state index contributed by atoms with van der Waals surface area (Å²) in [5, 5.41) is 0.251. The van der Waals surface area contributed by atoms with Crippen molar-refractivity contribution in [2.24, 2.45) is 5.92 Å². The van der Waals surface area contributed by atoms with Crippen molar-refractivity contribution in [2.45, 2.75) is 89.6 Å². The SMILES string of the molecule is Cl.Cl.[CH2-]C(C1C(O[Si](C)(C)C(C)(C)C)=Cc2ccccc21)C1C(O[Si](C)(C)C(C)(C)C)=Cc2ccccc21.[Zr]. The fourth-order valence-electron chi connectivity index (χ4n) is 4.80. The Bertz CT molecular complexity index is 1120. The van der Waals surface area contributed by atoms with Crippen LogP contribution in [0.5, 0.6) is 0 Å².